The lowest BCUT2D eigenvalue weighted by Gasteiger charge is -2.26. The Morgan fingerprint density at radius 3 is 1.75 bits per heavy atom. The molecule has 0 radical (unpaired) electrons. The maximum absolute atomic E-state index is 13.2. The molecule has 32 heavy (non-hydrogen) atoms. The first-order valence-electron chi connectivity index (χ1n) is 10.9. The lowest BCUT2D eigenvalue weighted by Crippen LogP contribution is -2.39. The van der Waals surface area contributed by atoms with Crippen molar-refractivity contribution < 1.29 is 14.3 Å². The first-order valence-corrected chi connectivity index (χ1v) is 10.9. The fourth-order valence-corrected chi connectivity index (χ4v) is 3.25. The molecule has 0 bridgehead atoms. The van der Waals surface area contributed by atoms with Gasteiger partial charge in [0.1, 0.15) is 5.60 Å². The van der Waals surface area contributed by atoms with E-state index >= 15 is 0 Å². The van der Waals surface area contributed by atoms with E-state index in [1.165, 1.54) is 0 Å². The van der Waals surface area contributed by atoms with Gasteiger partial charge >= 0.3 is 5.97 Å². The van der Waals surface area contributed by atoms with Gasteiger partial charge in [0.2, 0.25) is 0 Å². The van der Waals surface area contributed by atoms with Crippen molar-refractivity contribution in [1.82, 2.24) is 0 Å². The average molecular weight is 430 g/mol. The Hall–Kier alpha value is -3.24. The summed E-state index contributed by atoms with van der Waals surface area (Å²) >= 11 is 0. The fraction of sp³-hybridized carbons (Fsp3) is 0.286. The van der Waals surface area contributed by atoms with Gasteiger partial charge in [-0.1, -0.05) is 91.0 Å². The van der Waals surface area contributed by atoms with Crippen LogP contribution in [0.25, 0.3) is 0 Å². The summed E-state index contributed by atoms with van der Waals surface area (Å²) in [5.74, 6) is -0.401. The monoisotopic (exact) mass is 429 g/mol. The minimum absolute atomic E-state index is 0.392. The highest BCUT2D eigenvalue weighted by Gasteiger charge is 2.31. The van der Waals surface area contributed by atoms with Crippen LogP contribution in [0.1, 0.15) is 44.4 Å². The Kier molecular flexibility index (Phi) is 7.96. The van der Waals surface area contributed by atoms with Crippen LogP contribution < -0.4 is 0 Å². The van der Waals surface area contributed by atoms with Crippen LogP contribution in [0.2, 0.25) is 0 Å². The third-order valence-corrected chi connectivity index (χ3v) is 4.81. The summed E-state index contributed by atoms with van der Waals surface area (Å²) in [5.41, 5.74) is 3.02. The van der Waals surface area contributed by atoms with Crippen LogP contribution in [0.4, 0.5) is 0 Å². The number of hydrogen-bond acceptors (Lipinski definition) is 4. The Bertz CT molecular complexity index is 967. The molecule has 0 spiro atoms. The molecule has 2 atom stereocenters. The predicted octanol–water partition coefficient (Wildman–Crippen LogP) is 5.84. The van der Waals surface area contributed by atoms with Gasteiger partial charge in [0.05, 0.1) is 18.4 Å². The van der Waals surface area contributed by atoms with Gasteiger partial charge in [-0.15, -0.1) is 0 Å². The molecule has 0 saturated heterocycles. The van der Waals surface area contributed by atoms with Crippen LogP contribution >= 0.6 is 0 Å². The Labute approximate surface area is 190 Å². The maximum Gasteiger partial charge on any atom is 0.334 e. The zero-order valence-corrected chi connectivity index (χ0v) is 19.2. The van der Waals surface area contributed by atoms with E-state index in [0.29, 0.717) is 6.61 Å². The number of esters is 1. The molecule has 166 valence electrons. The highest BCUT2D eigenvalue weighted by Crippen LogP contribution is 2.19. The molecule has 0 N–H and O–H groups in total. The molecular formula is C28H31NO3. The third kappa shape index (κ3) is 6.89. The molecule has 0 aliphatic carbocycles. The summed E-state index contributed by atoms with van der Waals surface area (Å²) in [6.45, 7) is 7.83. The van der Waals surface area contributed by atoms with Gasteiger partial charge in [0.25, 0.3) is 0 Å². The first kappa shape index (κ1) is 23.4. The van der Waals surface area contributed by atoms with Crippen molar-refractivity contribution in [2.45, 2.75) is 52.0 Å². The summed E-state index contributed by atoms with van der Waals surface area (Å²) in [5, 5.41) is 0. The lowest BCUT2D eigenvalue weighted by atomic mass is 10.0. The number of rotatable bonds is 8. The summed E-state index contributed by atoms with van der Waals surface area (Å²) in [4.78, 5) is 18.1. The number of carbonyl (C=O) groups is 1. The molecule has 3 rings (SSSR count). The molecule has 0 saturated carbocycles. The van der Waals surface area contributed by atoms with E-state index in [-0.39, 0.29) is 0 Å². The summed E-state index contributed by atoms with van der Waals surface area (Å²) in [6.07, 6.45) is -0.479. The van der Waals surface area contributed by atoms with E-state index in [9.17, 15) is 4.79 Å². The molecule has 2 unspecified atom stereocenters. The first-order chi connectivity index (χ1) is 15.3. The molecule has 0 aliphatic heterocycles. The molecule has 0 amide bonds. The lowest BCUT2D eigenvalue weighted by molar-refractivity contribution is -0.160. The van der Waals surface area contributed by atoms with Gasteiger partial charge in [0, 0.05) is 11.1 Å². The van der Waals surface area contributed by atoms with Crippen molar-refractivity contribution in [1.29, 1.82) is 0 Å². The van der Waals surface area contributed by atoms with Crippen LogP contribution in [0.15, 0.2) is 96.0 Å². The highest BCUT2D eigenvalue weighted by atomic mass is 16.6. The maximum atomic E-state index is 13.2. The zero-order chi connectivity index (χ0) is 23.0. The van der Waals surface area contributed by atoms with Crippen LogP contribution in [-0.2, 0) is 20.9 Å². The van der Waals surface area contributed by atoms with E-state index < -0.39 is 23.7 Å². The molecule has 3 aromatic carbocycles. The summed E-state index contributed by atoms with van der Waals surface area (Å²) in [7, 11) is 0. The molecule has 4 heteroatoms. The number of nitrogens with zero attached hydrogens (tertiary/aromatic N) is 1. The Morgan fingerprint density at radius 1 is 0.812 bits per heavy atom. The topological polar surface area (TPSA) is 47.9 Å². The molecule has 0 aromatic heterocycles. The van der Waals surface area contributed by atoms with E-state index in [4.69, 9.17) is 14.5 Å². The Morgan fingerprint density at radius 2 is 1.28 bits per heavy atom. The quantitative estimate of drug-likeness (QED) is 0.334. The molecule has 0 fully saturated rings. The fourth-order valence-electron chi connectivity index (χ4n) is 3.25. The number of ether oxygens (including phenoxy) is 2. The highest BCUT2D eigenvalue weighted by molar-refractivity contribution is 6.13. The zero-order valence-electron chi connectivity index (χ0n) is 19.2. The number of benzene rings is 3. The summed E-state index contributed by atoms with van der Waals surface area (Å²) < 4.78 is 11.8. The van der Waals surface area contributed by atoms with E-state index in [1.807, 2.05) is 119 Å². The van der Waals surface area contributed by atoms with Gasteiger partial charge < -0.3 is 9.47 Å². The second-order valence-electron chi connectivity index (χ2n) is 8.69. The third-order valence-electron chi connectivity index (χ3n) is 4.81. The van der Waals surface area contributed by atoms with Gasteiger partial charge in [-0.25, -0.2) is 4.79 Å². The molecule has 3 aromatic rings. The normalized spacial score (nSPS) is 13.1. The molecular weight excluding hydrogens is 398 g/mol. The average Bonchev–Trinajstić information content (AvgIpc) is 2.79. The van der Waals surface area contributed by atoms with Gasteiger partial charge in [0.15, 0.2) is 6.04 Å². The van der Waals surface area contributed by atoms with E-state index in [1.54, 1.807) is 0 Å². The second kappa shape index (κ2) is 10.9. The van der Waals surface area contributed by atoms with Crippen LogP contribution in [0.3, 0.4) is 0 Å². The van der Waals surface area contributed by atoms with Crippen molar-refractivity contribution in [2.24, 2.45) is 4.99 Å². The summed E-state index contributed by atoms with van der Waals surface area (Å²) in [6, 6.07) is 28.8. The number of aliphatic imine (C=N–C) groups is 1. The largest absolute Gasteiger partial charge is 0.458 e. The van der Waals surface area contributed by atoms with Crippen molar-refractivity contribution in [3.8, 4) is 0 Å². The standard InChI is InChI=1S/C28H31NO3/c1-21(31-20-22-14-8-5-9-15-22)25(27(30)32-28(2,3)4)29-26(23-16-10-6-11-17-23)24-18-12-7-13-19-24/h5-19,21,25H,20H2,1-4H3. The van der Waals surface area contributed by atoms with E-state index in [0.717, 1.165) is 22.4 Å². The van der Waals surface area contributed by atoms with Crippen molar-refractivity contribution in [3.05, 3.63) is 108 Å². The molecule has 0 heterocycles. The number of hydrogen-bond donors (Lipinski definition) is 0. The predicted molar refractivity (Wildman–Crippen MR) is 129 cm³/mol. The number of carbonyl (C=O) groups excluding carboxylic acids is 1. The van der Waals surface area contributed by atoms with Crippen molar-refractivity contribution >= 4 is 11.7 Å². The molecule has 4 nitrogen and oxygen atoms in total. The van der Waals surface area contributed by atoms with Crippen molar-refractivity contribution in [3.63, 3.8) is 0 Å². The van der Waals surface area contributed by atoms with Gasteiger partial charge in [-0.3, -0.25) is 4.99 Å². The molecule has 0 aliphatic rings. The second-order valence-corrected chi connectivity index (χ2v) is 8.69. The minimum atomic E-state index is -0.812. The van der Waals surface area contributed by atoms with Crippen molar-refractivity contribution in [2.75, 3.05) is 0 Å². The van der Waals surface area contributed by atoms with Crippen LogP contribution in [0, 0.1) is 0 Å². The van der Waals surface area contributed by atoms with Crippen LogP contribution in [0.5, 0.6) is 0 Å². The van der Waals surface area contributed by atoms with Gasteiger partial charge in [-0.05, 0) is 33.3 Å². The van der Waals surface area contributed by atoms with E-state index in [2.05, 4.69) is 0 Å². The minimum Gasteiger partial charge on any atom is -0.458 e. The van der Waals surface area contributed by atoms with Gasteiger partial charge in [-0.2, -0.15) is 0 Å². The Balaban J connectivity index is 1.97. The van der Waals surface area contributed by atoms with Crippen LogP contribution in [-0.4, -0.2) is 29.4 Å². The smallest absolute Gasteiger partial charge is 0.334 e. The SMILES string of the molecule is CC(OCc1ccccc1)C(N=C(c1ccccc1)c1ccccc1)C(=O)OC(C)(C)C.